The van der Waals surface area contributed by atoms with Crippen molar-refractivity contribution >= 4 is 23.4 Å². The smallest absolute Gasteiger partial charge is 0.224 e. The predicted octanol–water partition coefficient (Wildman–Crippen LogP) is 2.90. The van der Waals surface area contributed by atoms with Gasteiger partial charge in [0.05, 0.1) is 0 Å². The molecule has 160 valence electrons. The summed E-state index contributed by atoms with van der Waals surface area (Å²) in [6.07, 6.45) is 3.84. The summed E-state index contributed by atoms with van der Waals surface area (Å²) in [5.41, 5.74) is 1.88. The summed E-state index contributed by atoms with van der Waals surface area (Å²) in [5.74, 6) is 0.832. The number of anilines is 2. The molecule has 1 unspecified atom stereocenters. The second-order valence-corrected chi connectivity index (χ2v) is 7.31. The normalized spacial score (nSPS) is 16.4. The van der Waals surface area contributed by atoms with Crippen molar-refractivity contribution in [3.63, 3.8) is 0 Å². The van der Waals surface area contributed by atoms with E-state index in [0.717, 1.165) is 30.6 Å². The zero-order chi connectivity index (χ0) is 21.3. The quantitative estimate of drug-likeness (QED) is 0.481. The molecule has 1 aliphatic rings. The maximum atomic E-state index is 14.0. The minimum absolute atomic E-state index is 0.0316. The topological polar surface area (TPSA) is 81.6 Å². The molecular weight excluding hydrogens is 383 g/mol. The van der Waals surface area contributed by atoms with E-state index in [1.54, 1.807) is 19.3 Å². The van der Waals surface area contributed by atoms with Gasteiger partial charge in [-0.05, 0) is 42.7 Å². The summed E-state index contributed by atoms with van der Waals surface area (Å²) < 4.78 is 14.0. The van der Waals surface area contributed by atoms with Crippen LogP contribution in [0.5, 0.6) is 0 Å². The molecule has 2 heterocycles. The average Bonchev–Trinajstić information content (AvgIpc) is 3.21. The highest BCUT2D eigenvalue weighted by Gasteiger charge is 2.25. The SMILES string of the molecule is CCCC(=O)Nc1ccc(CNC(=NC)NC2CCN(c3ncccc3F)C2)cc1. The molecule has 3 N–H and O–H groups in total. The maximum absolute atomic E-state index is 14.0. The minimum atomic E-state index is -0.296. The third-order valence-electron chi connectivity index (χ3n) is 4.97. The minimum Gasteiger partial charge on any atom is -0.352 e. The molecule has 7 nitrogen and oxygen atoms in total. The molecule has 2 aromatic rings. The van der Waals surface area contributed by atoms with Gasteiger partial charge in [-0.1, -0.05) is 19.1 Å². The van der Waals surface area contributed by atoms with E-state index in [1.165, 1.54) is 6.07 Å². The number of hydrogen-bond donors (Lipinski definition) is 3. The van der Waals surface area contributed by atoms with Gasteiger partial charge >= 0.3 is 0 Å². The van der Waals surface area contributed by atoms with Gasteiger partial charge in [-0.15, -0.1) is 0 Å². The lowest BCUT2D eigenvalue weighted by molar-refractivity contribution is -0.116. The van der Waals surface area contributed by atoms with E-state index in [2.05, 4.69) is 25.9 Å². The Hall–Kier alpha value is -3.16. The van der Waals surface area contributed by atoms with Gasteiger partial charge in [-0.2, -0.15) is 0 Å². The monoisotopic (exact) mass is 412 g/mol. The van der Waals surface area contributed by atoms with Gasteiger partial charge in [-0.3, -0.25) is 9.79 Å². The van der Waals surface area contributed by atoms with E-state index in [0.29, 0.717) is 31.3 Å². The second-order valence-electron chi connectivity index (χ2n) is 7.31. The van der Waals surface area contributed by atoms with Gasteiger partial charge in [0.25, 0.3) is 0 Å². The van der Waals surface area contributed by atoms with Crippen molar-refractivity contribution in [2.24, 2.45) is 4.99 Å². The summed E-state index contributed by atoms with van der Waals surface area (Å²) in [5, 5.41) is 9.58. The van der Waals surface area contributed by atoms with E-state index in [9.17, 15) is 9.18 Å². The molecule has 1 saturated heterocycles. The molecule has 1 aliphatic heterocycles. The van der Waals surface area contributed by atoms with E-state index >= 15 is 0 Å². The third kappa shape index (κ3) is 5.92. The van der Waals surface area contributed by atoms with Crippen LogP contribution in [-0.4, -0.2) is 43.0 Å². The maximum Gasteiger partial charge on any atom is 0.224 e. The van der Waals surface area contributed by atoms with Crippen molar-refractivity contribution in [3.8, 4) is 0 Å². The Kier molecular flexibility index (Phi) is 7.59. The van der Waals surface area contributed by atoms with Gasteiger partial charge in [0, 0.05) is 51.0 Å². The number of guanidine groups is 1. The predicted molar refractivity (Wildman–Crippen MR) is 118 cm³/mol. The molecule has 1 aromatic heterocycles. The highest BCUT2D eigenvalue weighted by Crippen LogP contribution is 2.20. The van der Waals surface area contributed by atoms with Crippen LogP contribution >= 0.6 is 0 Å². The number of benzene rings is 1. The number of amides is 1. The van der Waals surface area contributed by atoms with E-state index < -0.39 is 0 Å². The molecule has 0 spiro atoms. The fraction of sp³-hybridized carbons (Fsp3) is 0.409. The van der Waals surface area contributed by atoms with Crippen molar-refractivity contribution in [2.45, 2.75) is 38.8 Å². The molecule has 1 aromatic carbocycles. The molecule has 0 radical (unpaired) electrons. The lowest BCUT2D eigenvalue weighted by Crippen LogP contribution is -2.44. The molecule has 3 rings (SSSR count). The Bertz CT molecular complexity index is 870. The van der Waals surface area contributed by atoms with Crippen LogP contribution < -0.4 is 20.9 Å². The Labute approximate surface area is 176 Å². The van der Waals surface area contributed by atoms with E-state index in [-0.39, 0.29) is 17.8 Å². The molecule has 8 heteroatoms. The summed E-state index contributed by atoms with van der Waals surface area (Å²) in [4.78, 5) is 22.1. The van der Waals surface area contributed by atoms with Crippen LogP contribution in [-0.2, 0) is 11.3 Å². The largest absolute Gasteiger partial charge is 0.352 e. The first kappa shape index (κ1) is 21.5. The number of hydrogen-bond acceptors (Lipinski definition) is 4. The number of carbonyl (C=O) groups excluding carboxylic acids is 1. The molecule has 1 atom stereocenters. The molecule has 1 amide bonds. The fourth-order valence-electron chi connectivity index (χ4n) is 3.41. The lowest BCUT2D eigenvalue weighted by Gasteiger charge is -2.20. The highest BCUT2D eigenvalue weighted by atomic mass is 19.1. The summed E-state index contributed by atoms with van der Waals surface area (Å²) in [7, 11) is 1.73. The first-order chi connectivity index (χ1) is 14.6. The van der Waals surface area contributed by atoms with Crippen LogP contribution in [0.3, 0.4) is 0 Å². The number of nitrogens with one attached hydrogen (secondary N) is 3. The Morgan fingerprint density at radius 1 is 1.30 bits per heavy atom. The van der Waals surface area contributed by atoms with Crippen LogP contribution in [0.4, 0.5) is 15.9 Å². The molecule has 0 aliphatic carbocycles. The average molecular weight is 413 g/mol. The molecule has 1 fully saturated rings. The standard InChI is InChI=1S/C22H29FN6O/c1-3-5-20(30)27-17-9-7-16(8-10-17)14-26-22(24-2)28-18-11-13-29(15-18)21-19(23)6-4-12-25-21/h4,6-10,12,18H,3,5,11,13-15H2,1-2H3,(H,27,30)(H2,24,26,28). The van der Waals surface area contributed by atoms with Crippen molar-refractivity contribution in [2.75, 3.05) is 30.4 Å². The Balaban J connectivity index is 1.47. The molecule has 0 saturated carbocycles. The second kappa shape index (κ2) is 10.6. The first-order valence-electron chi connectivity index (χ1n) is 10.3. The zero-order valence-corrected chi connectivity index (χ0v) is 17.5. The van der Waals surface area contributed by atoms with Crippen LogP contribution in [0.1, 0.15) is 31.7 Å². The zero-order valence-electron chi connectivity index (χ0n) is 17.5. The third-order valence-corrected chi connectivity index (χ3v) is 4.97. The van der Waals surface area contributed by atoms with Gasteiger partial charge < -0.3 is 20.9 Å². The number of aromatic nitrogens is 1. The van der Waals surface area contributed by atoms with E-state index in [1.807, 2.05) is 36.1 Å². The summed E-state index contributed by atoms with van der Waals surface area (Å²) in [6.45, 7) is 4.00. The van der Waals surface area contributed by atoms with Gasteiger partial charge in [0.15, 0.2) is 17.6 Å². The Morgan fingerprint density at radius 3 is 2.80 bits per heavy atom. The molecular formula is C22H29FN6O. The van der Waals surface area contributed by atoms with Crippen molar-refractivity contribution in [1.82, 2.24) is 15.6 Å². The van der Waals surface area contributed by atoms with Crippen LogP contribution in [0, 0.1) is 5.82 Å². The van der Waals surface area contributed by atoms with Crippen LogP contribution in [0.2, 0.25) is 0 Å². The van der Waals surface area contributed by atoms with Crippen molar-refractivity contribution in [1.29, 1.82) is 0 Å². The van der Waals surface area contributed by atoms with Crippen molar-refractivity contribution in [3.05, 3.63) is 54.0 Å². The Morgan fingerprint density at radius 2 is 2.10 bits per heavy atom. The molecule has 0 bridgehead atoms. The summed E-state index contributed by atoms with van der Waals surface area (Å²) >= 11 is 0. The highest BCUT2D eigenvalue weighted by molar-refractivity contribution is 5.90. The number of aliphatic imine (C=N–C) groups is 1. The van der Waals surface area contributed by atoms with Crippen LogP contribution in [0.15, 0.2) is 47.6 Å². The fourth-order valence-corrected chi connectivity index (χ4v) is 3.41. The lowest BCUT2D eigenvalue weighted by atomic mass is 10.2. The molecule has 30 heavy (non-hydrogen) atoms. The number of pyridine rings is 1. The number of halogens is 1. The van der Waals surface area contributed by atoms with Gasteiger partial charge in [0.2, 0.25) is 5.91 Å². The van der Waals surface area contributed by atoms with E-state index in [4.69, 9.17) is 0 Å². The first-order valence-corrected chi connectivity index (χ1v) is 10.3. The van der Waals surface area contributed by atoms with Crippen molar-refractivity contribution < 1.29 is 9.18 Å². The number of carbonyl (C=O) groups is 1. The van der Waals surface area contributed by atoms with Crippen LogP contribution in [0.25, 0.3) is 0 Å². The van der Waals surface area contributed by atoms with Gasteiger partial charge in [0.1, 0.15) is 0 Å². The number of nitrogens with zero attached hydrogens (tertiary/aromatic N) is 3. The van der Waals surface area contributed by atoms with Gasteiger partial charge in [-0.25, -0.2) is 9.37 Å². The number of rotatable bonds is 7. The summed E-state index contributed by atoms with van der Waals surface area (Å²) in [6, 6.07) is 10.9.